The van der Waals surface area contributed by atoms with E-state index in [0.29, 0.717) is 5.02 Å². The van der Waals surface area contributed by atoms with E-state index in [1.54, 1.807) is 11.3 Å². The smallest absolute Gasteiger partial charge is 0.124 e. The van der Waals surface area contributed by atoms with Crippen LogP contribution in [0.5, 0.6) is 0 Å². The highest BCUT2D eigenvalue weighted by Gasteiger charge is 2.08. The fourth-order valence-electron chi connectivity index (χ4n) is 1.80. The summed E-state index contributed by atoms with van der Waals surface area (Å²) >= 11 is 7.74. The van der Waals surface area contributed by atoms with E-state index in [1.165, 1.54) is 0 Å². The maximum absolute atomic E-state index is 9.10. The van der Waals surface area contributed by atoms with Gasteiger partial charge in [0.05, 0.1) is 16.8 Å². The Hall–Kier alpha value is -1.42. The summed E-state index contributed by atoms with van der Waals surface area (Å²) in [5.74, 6) is 0. The van der Waals surface area contributed by atoms with Crippen LogP contribution in [0, 0.1) is 0 Å². The van der Waals surface area contributed by atoms with Gasteiger partial charge in [0.1, 0.15) is 5.01 Å². The van der Waals surface area contributed by atoms with Gasteiger partial charge in [-0.25, -0.2) is 4.98 Å². The molecule has 0 bridgehead atoms. The molecule has 1 aromatic heterocycles. The summed E-state index contributed by atoms with van der Waals surface area (Å²) in [4.78, 5) is 4.58. The van der Waals surface area contributed by atoms with Crippen molar-refractivity contribution in [3.05, 3.63) is 53.1 Å². The van der Waals surface area contributed by atoms with Crippen LogP contribution in [0.25, 0.3) is 20.8 Å². The van der Waals surface area contributed by atoms with Gasteiger partial charge in [-0.1, -0.05) is 35.9 Å². The molecule has 0 spiro atoms. The lowest BCUT2D eigenvalue weighted by Crippen LogP contribution is -1.85. The van der Waals surface area contributed by atoms with Crippen molar-refractivity contribution in [2.75, 3.05) is 0 Å². The van der Waals surface area contributed by atoms with E-state index in [-0.39, 0.29) is 6.61 Å². The highest BCUT2D eigenvalue weighted by Crippen LogP contribution is 2.32. The third-order valence-corrected chi connectivity index (χ3v) is 4.20. The lowest BCUT2D eigenvalue weighted by molar-refractivity contribution is 0.282. The quantitative estimate of drug-likeness (QED) is 0.763. The second-order valence-electron chi connectivity index (χ2n) is 3.95. The predicted molar refractivity (Wildman–Crippen MR) is 76.0 cm³/mol. The van der Waals surface area contributed by atoms with Crippen molar-refractivity contribution in [1.82, 2.24) is 4.98 Å². The average Bonchev–Trinajstić information content (AvgIpc) is 2.82. The first-order chi connectivity index (χ1) is 8.78. The summed E-state index contributed by atoms with van der Waals surface area (Å²) in [5, 5.41) is 10.6. The lowest BCUT2D eigenvalue weighted by atomic mass is 10.1. The normalized spacial score (nSPS) is 11.0. The minimum atomic E-state index is -0.0427. The van der Waals surface area contributed by atoms with Crippen molar-refractivity contribution in [1.29, 1.82) is 0 Å². The van der Waals surface area contributed by atoms with Crippen LogP contribution in [0.1, 0.15) is 5.56 Å². The van der Waals surface area contributed by atoms with Crippen LogP contribution in [-0.4, -0.2) is 10.1 Å². The maximum Gasteiger partial charge on any atom is 0.124 e. The molecule has 0 radical (unpaired) electrons. The number of benzene rings is 2. The van der Waals surface area contributed by atoms with E-state index in [9.17, 15) is 0 Å². The number of fused-ring (bicyclic) bond motifs is 1. The SMILES string of the molecule is OCc1ccc(-c2nc3ccccc3s2)cc1Cl. The van der Waals surface area contributed by atoms with E-state index < -0.39 is 0 Å². The van der Waals surface area contributed by atoms with Gasteiger partial charge in [-0.05, 0) is 23.8 Å². The van der Waals surface area contributed by atoms with Crippen molar-refractivity contribution >= 4 is 33.2 Å². The molecule has 4 heteroatoms. The number of halogens is 1. The number of hydrogen-bond donors (Lipinski definition) is 1. The Kier molecular flexibility index (Phi) is 3.04. The molecule has 0 saturated carbocycles. The van der Waals surface area contributed by atoms with Gasteiger partial charge in [-0.2, -0.15) is 0 Å². The van der Waals surface area contributed by atoms with Crippen molar-refractivity contribution in [2.24, 2.45) is 0 Å². The molecule has 0 saturated heterocycles. The third kappa shape index (κ3) is 2.01. The number of nitrogens with zero attached hydrogens (tertiary/aromatic N) is 1. The Bertz CT molecular complexity index is 675. The summed E-state index contributed by atoms with van der Waals surface area (Å²) in [7, 11) is 0. The molecule has 0 fully saturated rings. The standard InChI is InChI=1S/C14H10ClNOS/c15-11-7-9(5-6-10(11)8-17)14-16-12-3-1-2-4-13(12)18-14/h1-7,17H,8H2. The van der Waals surface area contributed by atoms with Gasteiger partial charge in [0.25, 0.3) is 0 Å². The second-order valence-corrected chi connectivity index (χ2v) is 5.39. The average molecular weight is 276 g/mol. The first-order valence-electron chi connectivity index (χ1n) is 5.53. The molecule has 2 aromatic carbocycles. The predicted octanol–water partition coefficient (Wildman–Crippen LogP) is 4.11. The Balaban J connectivity index is 2.11. The lowest BCUT2D eigenvalue weighted by Gasteiger charge is -2.02. The fraction of sp³-hybridized carbons (Fsp3) is 0.0714. The second kappa shape index (κ2) is 4.69. The van der Waals surface area contributed by atoms with Crippen LogP contribution in [-0.2, 0) is 6.61 Å². The largest absolute Gasteiger partial charge is 0.392 e. The zero-order valence-electron chi connectivity index (χ0n) is 9.43. The van der Waals surface area contributed by atoms with E-state index in [0.717, 1.165) is 26.4 Å². The van der Waals surface area contributed by atoms with Gasteiger partial charge in [-0.3, -0.25) is 0 Å². The van der Waals surface area contributed by atoms with Crippen LogP contribution >= 0.6 is 22.9 Å². The minimum absolute atomic E-state index is 0.0427. The summed E-state index contributed by atoms with van der Waals surface area (Å²) in [5.41, 5.74) is 2.72. The monoisotopic (exact) mass is 275 g/mol. The van der Waals surface area contributed by atoms with Crippen LogP contribution in [0.15, 0.2) is 42.5 Å². The first-order valence-corrected chi connectivity index (χ1v) is 6.72. The number of aliphatic hydroxyl groups is 1. The zero-order valence-corrected chi connectivity index (χ0v) is 11.0. The molecule has 18 heavy (non-hydrogen) atoms. The summed E-state index contributed by atoms with van der Waals surface area (Å²) in [6.45, 7) is -0.0427. The highest BCUT2D eigenvalue weighted by molar-refractivity contribution is 7.21. The van der Waals surface area contributed by atoms with Gasteiger partial charge in [0.2, 0.25) is 0 Å². The van der Waals surface area contributed by atoms with Gasteiger partial charge >= 0.3 is 0 Å². The molecule has 0 unspecified atom stereocenters. The van der Waals surface area contributed by atoms with Crippen LogP contribution in [0.3, 0.4) is 0 Å². The Morgan fingerprint density at radius 3 is 2.72 bits per heavy atom. The van der Waals surface area contributed by atoms with Gasteiger partial charge in [0, 0.05) is 10.6 Å². The molecule has 0 aliphatic heterocycles. The number of aliphatic hydroxyl groups excluding tert-OH is 1. The van der Waals surface area contributed by atoms with Crippen LogP contribution in [0.4, 0.5) is 0 Å². The van der Waals surface area contributed by atoms with Gasteiger partial charge in [-0.15, -0.1) is 11.3 Å². The van der Waals surface area contributed by atoms with Gasteiger partial charge in [0.15, 0.2) is 0 Å². The molecule has 0 atom stereocenters. The number of thiazole rings is 1. The van der Waals surface area contributed by atoms with E-state index in [2.05, 4.69) is 11.1 Å². The minimum Gasteiger partial charge on any atom is -0.392 e. The van der Waals surface area contributed by atoms with Crippen molar-refractivity contribution in [3.8, 4) is 10.6 Å². The summed E-state index contributed by atoms with van der Waals surface area (Å²) in [6, 6.07) is 13.7. The summed E-state index contributed by atoms with van der Waals surface area (Å²) < 4.78 is 1.16. The van der Waals surface area contributed by atoms with E-state index in [1.807, 2.05) is 36.4 Å². The number of aromatic nitrogens is 1. The number of hydrogen-bond acceptors (Lipinski definition) is 3. The molecule has 0 amide bonds. The first kappa shape index (κ1) is 11.7. The molecule has 1 N–H and O–H groups in total. The van der Waals surface area contributed by atoms with Crippen molar-refractivity contribution in [2.45, 2.75) is 6.61 Å². The van der Waals surface area contributed by atoms with Crippen molar-refractivity contribution in [3.63, 3.8) is 0 Å². The molecule has 3 aromatic rings. The molecular weight excluding hydrogens is 266 g/mol. The number of para-hydroxylation sites is 1. The third-order valence-electron chi connectivity index (χ3n) is 2.76. The topological polar surface area (TPSA) is 33.1 Å². The van der Waals surface area contributed by atoms with Crippen LogP contribution < -0.4 is 0 Å². The van der Waals surface area contributed by atoms with E-state index >= 15 is 0 Å². The highest BCUT2D eigenvalue weighted by atomic mass is 35.5. The molecular formula is C14H10ClNOS. The molecule has 1 heterocycles. The molecule has 90 valence electrons. The Morgan fingerprint density at radius 2 is 2.00 bits per heavy atom. The molecule has 0 aliphatic rings. The Labute approximate surface area is 113 Å². The fourth-order valence-corrected chi connectivity index (χ4v) is 3.01. The zero-order chi connectivity index (χ0) is 12.5. The van der Waals surface area contributed by atoms with E-state index in [4.69, 9.17) is 16.7 Å². The summed E-state index contributed by atoms with van der Waals surface area (Å²) in [6.07, 6.45) is 0. The van der Waals surface area contributed by atoms with Gasteiger partial charge < -0.3 is 5.11 Å². The number of rotatable bonds is 2. The Morgan fingerprint density at radius 1 is 1.17 bits per heavy atom. The molecule has 3 rings (SSSR count). The molecule has 2 nitrogen and oxygen atoms in total. The van der Waals surface area contributed by atoms with Crippen molar-refractivity contribution < 1.29 is 5.11 Å². The molecule has 0 aliphatic carbocycles. The van der Waals surface area contributed by atoms with Crippen LogP contribution in [0.2, 0.25) is 5.02 Å². The maximum atomic E-state index is 9.10.